The van der Waals surface area contributed by atoms with E-state index < -0.39 is 0 Å². The summed E-state index contributed by atoms with van der Waals surface area (Å²) in [6.45, 7) is 3.25. The lowest BCUT2D eigenvalue weighted by Crippen LogP contribution is -2.37. The smallest absolute Gasteiger partial charge is 0.317 e. The number of pyridine rings is 1. The molecule has 2 heterocycles. The van der Waals surface area contributed by atoms with Gasteiger partial charge in [-0.05, 0) is 36.6 Å². The van der Waals surface area contributed by atoms with Crippen LogP contribution in [0.5, 0.6) is 0 Å². The number of benzene rings is 1. The van der Waals surface area contributed by atoms with Crippen LogP contribution in [0.4, 0.5) is 10.5 Å². The predicted molar refractivity (Wildman–Crippen MR) is 95.8 cm³/mol. The minimum atomic E-state index is -0.0862. The average molecular weight is 324 g/mol. The number of amides is 2. The Labute approximate surface area is 143 Å². The molecule has 1 saturated heterocycles. The van der Waals surface area contributed by atoms with Gasteiger partial charge in [-0.25, -0.2) is 4.79 Å². The molecule has 126 valence electrons. The molecule has 0 radical (unpaired) electrons. The molecule has 5 nitrogen and oxygen atoms in total. The van der Waals surface area contributed by atoms with Crippen molar-refractivity contribution in [3.63, 3.8) is 0 Å². The molecule has 0 atom stereocenters. The van der Waals surface area contributed by atoms with Crippen LogP contribution in [0.3, 0.4) is 0 Å². The molecule has 1 aliphatic heterocycles. The molecular formula is C19H24N4O. The van der Waals surface area contributed by atoms with Gasteiger partial charge in [0.15, 0.2) is 0 Å². The molecule has 1 aromatic carbocycles. The standard InChI is InChI=1S/C19H24N4O/c1-22(19(24)21-14-17-9-4-5-11-20-17)15-16-8-2-3-10-18(16)23-12-6-7-13-23/h2-5,8-11H,6-7,12-15H2,1H3,(H,21,24). The quantitative estimate of drug-likeness (QED) is 0.920. The second-order valence-electron chi connectivity index (χ2n) is 6.16. The lowest BCUT2D eigenvalue weighted by Gasteiger charge is -2.24. The Balaban J connectivity index is 1.60. The molecule has 2 aromatic rings. The number of anilines is 1. The summed E-state index contributed by atoms with van der Waals surface area (Å²) >= 11 is 0. The topological polar surface area (TPSA) is 48.5 Å². The van der Waals surface area contributed by atoms with Crippen molar-refractivity contribution in [2.75, 3.05) is 25.0 Å². The first-order valence-electron chi connectivity index (χ1n) is 8.46. The molecule has 24 heavy (non-hydrogen) atoms. The summed E-state index contributed by atoms with van der Waals surface area (Å²) in [5, 5.41) is 2.92. The fourth-order valence-corrected chi connectivity index (χ4v) is 3.04. The van der Waals surface area contributed by atoms with Gasteiger partial charge in [-0.3, -0.25) is 4.98 Å². The maximum atomic E-state index is 12.3. The normalized spacial score (nSPS) is 13.8. The Kier molecular flexibility index (Phi) is 5.31. The number of nitrogens with zero attached hydrogens (tertiary/aromatic N) is 3. The molecule has 1 aromatic heterocycles. The van der Waals surface area contributed by atoms with E-state index in [1.807, 2.05) is 31.3 Å². The predicted octanol–water partition coefficient (Wildman–Crippen LogP) is 3.02. The highest BCUT2D eigenvalue weighted by Gasteiger charge is 2.17. The van der Waals surface area contributed by atoms with Gasteiger partial charge in [0, 0.05) is 38.6 Å². The van der Waals surface area contributed by atoms with Gasteiger partial charge in [0.2, 0.25) is 0 Å². The molecular weight excluding hydrogens is 300 g/mol. The lowest BCUT2D eigenvalue weighted by atomic mass is 10.1. The number of hydrogen-bond donors (Lipinski definition) is 1. The van der Waals surface area contributed by atoms with Crippen LogP contribution in [0, 0.1) is 0 Å². The van der Waals surface area contributed by atoms with E-state index in [4.69, 9.17) is 0 Å². The molecule has 1 N–H and O–H groups in total. The number of hydrogen-bond acceptors (Lipinski definition) is 3. The van der Waals surface area contributed by atoms with Crippen molar-refractivity contribution in [3.05, 3.63) is 59.9 Å². The van der Waals surface area contributed by atoms with Crippen LogP contribution < -0.4 is 10.2 Å². The zero-order chi connectivity index (χ0) is 16.8. The Morgan fingerprint density at radius 2 is 1.92 bits per heavy atom. The number of aromatic nitrogens is 1. The molecule has 0 saturated carbocycles. The second kappa shape index (κ2) is 7.81. The van der Waals surface area contributed by atoms with E-state index in [9.17, 15) is 4.79 Å². The summed E-state index contributed by atoms with van der Waals surface area (Å²) < 4.78 is 0. The minimum absolute atomic E-state index is 0.0862. The number of rotatable bonds is 5. The monoisotopic (exact) mass is 324 g/mol. The first kappa shape index (κ1) is 16.3. The third-order valence-corrected chi connectivity index (χ3v) is 4.34. The molecule has 0 bridgehead atoms. The molecule has 5 heteroatoms. The zero-order valence-electron chi connectivity index (χ0n) is 14.1. The Morgan fingerprint density at radius 1 is 1.17 bits per heavy atom. The number of para-hydroxylation sites is 1. The van der Waals surface area contributed by atoms with Crippen molar-refractivity contribution in [1.82, 2.24) is 15.2 Å². The average Bonchev–Trinajstić information content (AvgIpc) is 3.15. The number of nitrogens with one attached hydrogen (secondary N) is 1. The van der Waals surface area contributed by atoms with E-state index in [2.05, 4.69) is 33.4 Å². The first-order valence-corrected chi connectivity index (χ1v) is 8.46. The van der Waals surface area contributed by atoms with Gasteiger partial charge in [0.05, 0.1) is 12.2 Å². The van der Waals surface area contributed by atoms with Crippen LogP contribution >= 0.6 is 0 Å². The Hall–Kier alpha value is -2.56. The second-order valence-corrected chi connectivity index (χ2v) is 6.16. The summed E-state index contributed by atoms with van der Waals surface area (Å²) in [5.41, 5.74) is 3.30. The van der Waals surface area contributed by atoms with E-state index in [1.54, 1.807) is 11.1 Å². The highest BCUT2D eigenvalue weighted by molar-refractivity contribution is 5.74. The molecule has 2 amide bonds. The Morgan fingerprint density at radius 3 is 2.67 bits per heavy atom. The summed E-state index contributed by atoms with van der Waals surface area (Å²) in [7, 11) is 1.83. The van der Waals surface area contributed by atoms with Crippen LogP contribution in [-0.2, 0) is 13.1 Å². The van der Waals surface area contributed by atoms with E-state index in [0.717, 1.165) is 18.8 Å². The van der Waals surface area contributed by atoms with E-state index >= 15 is 0 Å². The van der Waals surface area contributed by atoms with E-state index in [0.29, 0.717) is 13.1 Å². The maximum Gasteiger partial charge on any atom is 0.317 e. The molecule has 3 rings (SSSR count). The molecule has 0 aliphatic carbocycles. The van der Waals surface area contributed by atoms with Crippen LogP contribution in [0.25, 0.3) is 0 Å². The summed E-state index contributed by atoms with van der Waals surface area (Å²) in [5.74, 6) is 0. The van der Waals surface area contributed by atoms with Gasteiger partial charge < -0.3 is 15.1 Å². The molecule has 0 spiro atoms. The van der Waals surface area contributed by atoms with E-state index in [1.165, 1.54) is 24.1 Å². The van der Waals surface area contributed by atoms with E-state index in [-0.39, 0.29) is 6.03 Å². The maximum absolute atomic E-state index is 12.3. The highest BCUT2D eigenvalue weighted by atomic mass is 16.2. The van der Waals surface area contributed by atoms with Crippen molar-refractivity contribution < 1.29 is 4.79 Å². The lowest BCUT2D eigenvalue weighted by molar-refractivity contribution is 0.206. The van der Waals surface area contributed by atoms with Gasteiger partial charge in [-0.15, -0.1) is 0 Å². The van der Waals surface area contributed by atoms with Crippen molar-refractivity contribution >= 4 is 11.7 Å². The molecule has 1 fully saturated rings. The van der Waals surface area contributed by atoms with Gasteiger partial charge in [0.25, 0.3) is 0 Å². The molecule has 1 aliphatic rings. The molecule has 0 unspecified atom stereocenters. The third-order valence-electron chi connectivity index (χ3n) is 4.34. The highest BCUT2D eigenvalue weighted by Crippen LogP contribution is 2.25. The van der Waals surface area contributed by atoms with Gasteiger partial charge in [0.1, 0.15) is 0 Å². The summed E-state index contributed by atoms with van der Waals surface area (Å²) in [6, 6.07) is 14.0. The van der Waals surface area contributed by atoms with Crippen LogP contribution in [0.2, 0.25) is 0 Å². The number of urea groups is 1. The largest absolute Gasteiger partial charge is 0.371 e. The SMILES string of the molecule is CN(Cc1ccccc1N1CCCC1)C(=O)NCc1ccccn1. The summed E-state index contributed by atoms with van der Waals surface area (Å²) in [6.07, 6.45) is 4.22. The Bertz CT molecular complexity index is 668. The fourth-order valence-electron chi connectivity index (χ4n) is 3.04. The van der Waals surface area contributed by atoms with Crippen molar-refractivity contribution in [2.24, 2.45) is 0 Å². The van der Waals surface area contributed by atoms with Crippen molar-refractivity contribution in [1.29, 1.82) is 0 Å². The number of carbonyl (C=O) groups is 1. The summed E-state index contributed by atoms with van der Waals surface area (Å²) in [4.78, 5) is 20.7. The van der Waals surface area contributed by atoms with Gasteiger partial charge in [-0.1, -0.05) is 24.3 Å². The first-order chi connectivity index (χ1) is 11.7. The number of carbonyl (C=O) groups excluding carboxylic acids is 1. The minimum Gasteiger partial charge on any atom is -0.371 e. The zero-order valence-corrected chi connectivity index (χ0v) is 14.1. The van der Waals surface area contributed by atoms with Gasteiger partial charge >= 0.3 is 6.03 Å². The third kappa shape index (κ3) is 4.04. The van der Waals surface area contributed by atoms with Gasteiger partial charge in [-0.2, -0.15) is 0 Å². The van der Waals surface area contributed by atoms with Crippen LogP contribution in [0.15, 0.2) is 48.7 Å². The van der Waals surface area contributed by atoms with Crippen molar-refractivity contribution in [3.8, 4) is 0 Å². The van der Waals surface area contributed by atoms with Crippen molar-refractivity contribution in [2.45, 2.75) is 25.9 Å². The fraction of sp³-hybridized carbons (Fsp3) is 0.368. The van der Waals surface area contributed by atoms with Crippen LogP contribution in [0.1, 0.15) is 24.1 Å². The van der Waals surface area contributed by atoms with Crippen LogP contribution in [-0.4, -0.2) is 36.1 Å².